The van der Waals surface area contributed by atoms with Gasteiger partial charge in [-0.05, 0) is 65.9 Å². The second-order valence-electron chi connectivity index (χ2n) is 8.55. The lowest BCUT2D eigenvalue weighted by Gasteiger charge is -2.12. The number of carboxylic acids is 1. The van der Waals surface area contributed by atoms with Gasteiger partial charge in [0, 0.05) is 35.4 Å². The van der Waals surface area contributed by atoms with E-state index in [0.29, 0.717) is 11.6 Å². The Labute approximate surface area is 205 Å². The van der Waals surface area contributed by atoms with E-state index in [1.54, 1.807) is 6.07 Å². The van der Waals surface area contributed by atoms with Gasteiger partial charge in [-0.3, -0.25) is 4.79 Å². The highest BCUT2D eigenvalue weighted by atomic mass is 19.4. The van der Waals surface area contributed by atoms with Gasteiger partial charge in [0.1, 0.15) is 0 Å². The molecule has 4 N–H and O–H groups in total. The van der Waals surface area contributed by atoms with Gasteiger partial charge in [-0.15, -0.1) is 0 Å². The normalized spacial score (nSPS) is 13.2. The largest absolute Gasteiger partial charge is 0.490 e. The van der Waals surface area contributed by atoms with E-state index in [0.717, 1.165) is 30.6 Å². The quantitative estimate of drug-likeness (QED) is 0.376. The van der Waals surface area contributed by atoms with Gasteiger partial charge in [-0.25, -0.2) is 4.79 Å². The lowest BCUT2D eigenvalue weighted by atomic mass is 10.1. The van der Waals surface area contributed by atoms with E-state index in [2.05, 4.69) is 58.4 Å². The number of carbonyl (C=O) groups is 2. The molecule has 0 unspecified atom stereocenters. The van der Waals surface area contributed by atoms with Crippen LogP contribution in [0, 0.1) is 0 Å². The van der Waals surface area contributed by atoms with Crippen LogP contribution in [0.2, 0.25) is 0 Å². The van der Waals surface area contributed by atoms with Gasteiger partial charge in [0.25, 0.3) is 0 Å². The van der Waals surface area contributed by atoms with Gasteiger partial charge in [-0.2, -0.15) is 13.2 Å². The van der Waals surface area contributed by atoms with E-state index in [4.69, 9.17) is 15.6 Å². The van der Waals surface area contributed by atoms with Gasteiger partial charge in [0.15, 0.2) is 0 Å². The van der Waals surface area contributed by atoms with Gasteiger partial charge >= 0.3 is 12.1 Å². The number of nitrogens with zero attached hydrogens (tertiary/aromatic N) is 1. The first-order valence-corrected chi connectivity index (χ1v) is 11.2. The summed E-state index contributed by atoms with van der Waals surface area (Å²) in [5.74, 6) is -3.17. The summed E-state index contributed by atoms with van der Waals surface area (Å²) in [5, 5.41) is 12.0. The second-order valence-corrected chi connectivity index (χ2v) is 8.55. The van der Waals surface area contributed by atoms with Crippen molar-refractivity contribution in [3.05, 3.63) is 101 Å². The number of carbonyl (C=O) groups excluding carboxylic acids is 1. The third-order valence-corrected chi connectivity index (χ3v) is 6.05. The van der Waals surface area contributed by atoms with Crippen LogP contribution in [0.25, 0.3) is 16.6 Å². The highest BCUT2D eigenvalue weighted by Crippen LogP contribution is 2.24. The third-order valence-electron chi connectivity index (χ3n) is 6.05. The number of hydrogen-bond donors (Lipinski definition) is 3. The number of fused-ring (bicyclic) bond motifs is 2. The monoisotopic (exact) mass is 495 g/mol. The molecule has 9 heteroatoms. The fraction of sp³-hybridized carbons (Fsp3) is 0.185. The van der Waals surface area contributed by atoms with E-state index in [9.17, 15) is 18.0 Å². The molecule has 6 nitrogen and oxygen atoms in total. The molecule has 186 valence electrons. The molecular formula is C27H24F3N3O3. The molecule has 0 saturated heterocycles. The number of benzene rings is 3. The van der Waals surface area contributed by atoms with Crippen LogP contribution in [-0.2, 0) is 24.2 Å². The van der Waals surface area contributed by atoms with Crippen molar-refractivity contribution in [1.29, 1.82) is 0 Å². The Morgan fingerprint density at radius 2 is 1.64 bits per heavy atom. The Balaban J connectivity index is 0.000000384. The van der Waals surface area contributed by atoms with Crippen molar-refractivity contribution in [1.82, 2.24) is 9.88 Å². The maximum Gasteiger partial charge on any atom is 0.490 e. The van der Waals surface area contributed by atoms with Crippen molar-refractivity contribution in [2.45, 2.75) is 31.6 Å². The smallest absolute Gasteiger partial charge is 0.475 e. The number of hydrogen-bond acceptors (Lipinski definition) is 3. The van der Waals surface area contributed by atoms with Crippen molar-refractivity contribution in [3.63, 3.8) is 0 Å². The number of alkyl halides is 3. The minimum Gasteiger partial charge on any atom is -0.475 e. The van der Waals surface area contributed by atoms with Gasteiger partial charge in [0.05, 0.1) is 5.52 Å². The summed E-state index contributed by atoms with van der Waals surface area (Å²) in [6.45, 7) is 0.858. The topological polar surface area (TPSA) is 97.4 Å². The van der Waals surface area contributed by atoms with Crippen LogP contribution in [0.1, 0.15) is 27.0 Å². The second kappa shape index (κ2) is 10.2. The summed E-state index contributed by atoms with van der Waals surface area (Å²) in [4.78, 5) is 20.4. The van der Waals surface area contributed by atoms with E-state index < -0.39 is 18.1 Å². The maximum atomic E-state index is 11.5. The Morgan fingerprint density at radius 1 is 0.972 bits per heavy atom. The highest BCUT2D eigenvalue weighted by Gasteiger charge is 2.38. The Kier molecular flexibility index (Phi) is 7.12. The van der Waals surface area contributed by atoms with Gasteiger partial charge in [0.2, 0.25) is 5.91 Å². The van der Waals surface area contributed by atoms with Crippen molar-refractivity contribution < 1.29 is 27.9 Å². The fourth-order valence-corrected chi connectivity index (χ4v) is 4.30. The van der Waals surface area contributed by atoms with Crippen LogP contribution in [0.15, 0.2) is 79.0 Å². The molecule has 0 spiro atoms. The molecule has 1 aliphatic rings. The number of primary amides is 1. The summed E-state index contributed by atoms with van der Waals surface area (Å²) < 4.78 is 33.8. The zero-order chi connectivity index (χ0) is 25.9. The van der Waals surface area contributed by atoms with Crippen LogP contribution >= 0.6 is 0 Å². The molecule has 0 fully saturated rings. The van der Waals surface area contributed by atoms with Crippen molar-refractivity contribution in [2.75, 3.05) is 0 Å². The van der Waals surface area contributed by atoms with E-state index in [1.165, 1.54) is 22.1 Å². The van der Waals surface area contributed by atoms with Crippen LogP contribution in [-0.4, -0.2) is 33.8 Å². The van der Waals surface area contributed by atoms with E-state index >= 15 is 0 Å². The summed E-state index contributed by atoms with van der Waals surface area (Å²) >= 11 is 0. The Hall–Kier alpha value is -4.11. The number of halogens is 3. The fourth-order valence-electron chi connectivity index (χ4n) is 4.30. The summed E-state index contributed by atoms with van der Waals surface area (Å²) in [6, 6.07) is 25.3. The minimum absolute atomic E-state index is 0.411. The Bertz CT molecular complexity index is 1390. The first-order chi connectivity index (χ1) is 17.1. The number of rotatable bonds is 5. The first-order valence-electron chi connectivity index (χ1n) is 11.2. The number of nitrogens with one attached hydrogen (secondary N) is 1. The van der Waals surface area contributed by atoms with Crippen LogP contribution < -0.4 is 11.1 Å². The number of amides is 1. The predicted octanol–water partition coefficient (Wildman–Crippen LogP) is 4.62. The van der Waals surface area contributed by atoms with Gasteiger partial charge in [-0.1, -0.05) is 36.4 Å². The van der Waals surface area contributed by atoms with Crippen LogP contribution in [0.5, 0.6) is 0 Å². The number of aliphatic carboxylic acids is 1. The molecule has 1 aromatic heterocycles. The average Bonchev–Trinajstić information content (AvgIpc) is 3.46. The highest BCUT2D eigenvalue weighted by molar-refractivity contribution is 5.93. The minimum atomic E-state index is -5.08. The van der Waals surface area contributed by atoms with Crippen LogP contribution in [0.4, 0.5) is 13.2 Å². The summed E-state index contributed by atoms with van der Waals surface area (Å²) in [5.41, 5.74) is 12.2. The van der Waals surface area contributed by atoms with Crippen molar-refractivity contribution in [3.8, 4) is 5.69 Å². The van der Waals surface area contributed by atoms with E-state index in [-0.39, 0.29) is 0 Å². The molecule has 0 radical (unpaired) electrons. The molecule has 0 aliphatic heterocycles. The SMILES string of the molecule is NC(=O)c1cccc(-n2ccc3cc(CNC4Cc5ccccc5C4)ccc32)c1.O=C(O)C(F)(F)F. The zero-order valence-corrected chi connectivity index (χ0v) is 19.1. The molecule has 3 aromatic carbocycles. The number of aromatic nitrogens is 1. The number of carboxylic acid groups (broad SMARTS) is 1. The molecule has 36 heavy (non-hydrogen) atoms. The molecule has 1 amide bonds. The van der Waals surface area contributed by atoms with Crippen molar-refractivity contribution in [2.24, 2.45) is 5.73 Å². The van der Waals surface area contributed by atoms with Gasteiger partial charge < -0.3 is 20.7 Å². The van der Waals surface area contributed by atoms with Crippen molar-refractivity contribution >= 4 is 22.8 Å². The zero-order valence-electron chi connectivity index (χ0n) is 19.1. The molecule has 4 aromatic rings. The van der Waals surface area contributed by atoms with E-state index in [1.807, 2.05) is 24.4 Å². The number of nitrogens with two attached hydrogens (primary N) is 1. The lowest BCUT2D eigenvalue weighted by Crippen LogP contribution is -2.28. The Morgan fingerprint density at radius 3 is 2.25 bits per heavy atom. The lowest BCUT2D eigenvalue weighted by molar-refractivity contribution is -0.192. The predicted molar refractivity (Wildman–Crippen MR) is 130 cm³/mol. The first kappa shape index (κ1) is 25.0. The summed E-state index contributed by atoms with van der Waals surface area (Å²) in [7, 11) is 0. The molecular weight excluding hydrogens is 471 g/mol. The van der Waals surface area contributed by atoms with Crippen LogP contribution in [0.3, 0.4) is 0 Å². The molecule has 1 heterocycles. The molecule has 1 aliphatic carbocycles. The maximum absolute atomic E-state index is 11.5. The molecule has 5 rings (SSSR count). The summed E-state index contributed by atoms with van der Waals surface area (Å²) in [6.07, 6.45) is -0.842. The average molecular weight is 496 g/mol. The molecule has 0 atom stereocenters. The third kappa shape index (κ3) is 5.75. The molecule has 0 saturated carbocycles. The standard InChI is InChI=1S/C25H23N3O.C2HF3O2/c26-25(29)21-6-3-7-23(15-21)28-11-10-20-12-17(8-9-24(20)28)16-27-22-13-18-4-1-2-5-19(18)14-22;3-2(4,5)1(6)7/h1-12,15,22,27H,13-14,16H2,(H2,26,29);(H,6,7). The molecule has 0 bridgehead atoms.